The maximum Gasteiger partial charge on any atom is 0.263 e. The number of carbonyl (C=O) groups is 1. The van der Waals surface area contributed by atoms with Crippen molar-refractivity contribution in [2.24, 2.45) is 13.0 Å². The summed E-state index contributed by atoms with van der Waals surface area (Å²) in [5, 5.41) is 6.94. The Morgan fingerprint density at radius 1 is 1.32 bits per heavy atom. The van der Waals surface area contributed by atoms with Crippen molar-refractivity contribution in [2.75, 3.05) is 0 Å². The smallest absolute Gasteiger partial charge is 0.263 e. The largest absolute Gasteiger partial charge is 0.342 e. The van der Waals surface area contributed by atoms with Crippen LogP contribution < -0.4 is 10.9 Å². The maximum atomic E-state index is 12.6. The van der Waals surface area contributed by atoms with Crippen LogP contribution in [0.3, 0.4) is 0 Å². The molecule has 0 aliphatic rings. The van der Waals surface area contributed by atoms with Gasteiger partial charge in [0.1, 0.15) is 23.5 Å². The number of hydrogen-bond donors (Lipinski definition) is 2. The lowest BCUT2D eigenvalue weighted by Gasteiger charge is -2.20. The van der Waals surface area contributed by atoms with Gasteiger partial charge in [-0.3, -0.25) is 14.3 Å². The van der Waals surface area contributed by atoms with Gasteiger partial charge in [0.2, 0.25) is 0 Å². The molecule has 0 aliphatic carbocycles. The molecule has 2 heterocycles. The van der Waals surface area contributed by atoms with E-state index in [0.717, 1.165) is 0 Å². The van der Waals surface area contributed by atoms with Gasteiger partial charge < -0.3 is 10.3 Å². The highest BCUT2D eigenvalue weighted by molar-refractivity contribution is 5.93. The van der Waals surface area contributed by atoms with Crippen molar-refractivity contribution in [3.63, 3.8) is 0 Å². The fraction of sp³-hybridized carbons (Fsp3) is 0.588. The third kappa shape index (κ3) is 4.52. The molecule has 1 amide bonds. The fourth-order valence-electron chi connectivity index (χ4n) is 2.49. The van der Waals surface area contributed by atoms with Crippen molar-refractivity contribution in [2.45, 2.75) is 52.5 Å². The Hall–Kier alpha value is -2.51. The summed E-state index contributed by atoms with van der Waals surface area (Å²) in [5.41, 5.74) is -0.755. The molecule has 0 radical (unpaired) electrons. The Labute approximate surface area is 147 Å². The first-order valence-electron chi connectivity index (χ1n) is 8.34. The van der Waals surface area contributed by atoms with Crippen LogP contribution in [0.2, 0.25) is 0 Å². The molecule has 2 rings (SSSR count). The SMILES string of the molecule is CC(C)C[C@H](NC(=O)c1cnc(C(C)(C)C)[nH]c1=O)c1ncnn1C. The summed E-state index contributed by atoms with van der Waals surface area (Å²) >= 11 is 0. The molecular formula is C17H26N6O2. The predicted molar refractivity (Wildman–Crippen MR) is 94.2 cm³/mol. The van der Waals surface area contributed by atoms with Crippen molar-refractivity contribution in [3.05, 3.63) is 40.1 Å². The highest BCUT2D eigenvalue weighted by atomic mass is 16.2. The molecule has 0 saturated carbocycles. The average Bonchev–Trinajstić information content (AvgIpc) is 2.91. The number of amides is 1. The number of H-pyrrole nitrogens is 1. The van der Waals surface area contributed by atoms with E-state index >= 15 is 0 Å². The van der Waals surface area contributed by atoms with Gasteiger partial charge in [0, 0.05) is 18.7 Å². The second kappa shape index (κ2) is 7.16. The summed E-state index contributed by atoms with van der Waals surface area (Å²) in [6, 6.07) is -0.332. The fourth-order valence-corrected chi connectivity index (χ4v) is 2.49. The van der Waals surface area contributed by atoms with Crippen LogP contribution in [-0.4, -0.2) is 30.6 Å². The molecule has 136 valence electrons. The van der Waals surface area contributed by atoms with Gasteiger partial charge in [0.15, 0.2) is 0 Å². The Morgan fingerprint density at radius 3 is 2.48 bits per heavy atom. The Kier molecular flexibility index (Phi) is 5.39. The molecule has 2 N–H and O–H groups in total. The van der Waals surface area contributed by atoms with Gasteiger partial charge in [-0.2, -0.15) is 5.10 Å². The molecule has 8 heteroatoms. The van der Waals surface area contributed by atoms with Gasteiger partial charge in [-0.25, -0.2) is 9.97 Å². The lowest BCUT2D eigenvalue weighted by atomic mass is 9.96. The molecule has 8 nitrogen and oxygen atoms in total. The number of nitrogens with zero attached hydrogens (tertiary/aromatic N) is 4. The highest BCUT2D eigenvalue weighted by Crippen LogP contribution is 2.19. The highest BCUT2D eigenvalue weighted by Gasteiger charge is 2.24. The van der Waals surface area contributed by atoms with Crippen LogP contribution in [0, 0.1) is 5.92 Å². The van der Waals surface area contributed by atoms with Crippen LogP contribution in [0.5, 0.6) is 0 Å². The minimum Gasteiger partial charge on any atom is -0.342 e. The van der Waals surface area contributed by atoms with Crippen LogP contribution in [0.15, 0.2) is 17.3 Å². The minimum atomic E-state index is -0.470. The minimum absolute atomic E-state index is 0.0103. The van der Waals surface area contributed by atoms with E-state index in [-0.39, 0.29) is 17.0 Å². The molecule has 2 aromatic heterocycles. The van der Waals surface area contributed by atoms with Gasteiger partial charge >= 0.3 is 0 Å². The van der Waals surface area contributed by atoms with Crippen LogP contribution in [0.1, 0.15) is 69.1 Å². The van der Waals surface area contributed by atoms with Gasteiger partial charge in [-0.1, -0.05) is 34.6 Å². The Balaban J connectivity index is 2.27. The van der Waals surface area contributed by atoms with Gasteiger partial charge in [-0.05, 0) is 12.3 Å². The maximum absolute atomic E-state index is 12.6. The van der Waals surface area contributed by atoms with Crippen molar-refractivity contribution >= 4 is 5.91 Å². The van der Waals surface area contributed by atoms with E-state index in [1.807, 2.05) is 20.8 Å². The topological polar surface area (TPSA) is 106 Å². The molecular weight excluding hydrogens is 320 g/mol. The number of rotatable bonds is 5. The molecule has 0 spiro atoms. The van der Waals surface area contributed by atoms with E-state index in [9.17, 15) is 9.59 Å². The van der Waals surface area contributed by atoms with Crippen molar-refractivity contribution in [1.29, 1.82) is 0 Å². The van der Waals surface area contributed by atoms with E-state index < -0.39 is 11.5 Å². The molecule has 0 saturated heterocycles. The van der Waals surface area contributed by atoms with Crippen LogP contribution in [0.25, 0.3) is 0 Å². The lowest BCUT2D eigenvalue weighted by molar-refractivity contribution is 0.0927. The average molecular weight is 346 g/mol. The number of aryl methyl sites for hydroxylation is 1. The molecule has 25 heavy (non-hydrogen) atoms. The number of hydrogen-bond acceptors (Lipinski definition) is 5. The molecule has 2 aromatic rings. The summed E-state index contributed by atoms with van der Waals surface area (Å²) in [5.74, 6) is 1.06. The number of aromatic amines is 1. The molecule has 0 fully saturated rings. The first-order chi connectivity index (χ1) is 11.6. The van der Waals surface area contributed by atoms with E-state index in [1.165, 1.54) is 12.5 Å². The van der Waals surface area contributed by atoms with Crippen molar-refractivity contribution in [3.8, 4) is 0 Å². The zero-order valence-electron chi connectivity index (χ0n) is 15.6. The van der Waals surface area contributed by atoms with Crippen LogP contribution >= 0.6 is 0 Å². The zero-order valence-corrected chi connectivity index (χ0v) is 15.6. The van der Waals surface area contributed by atoms with Crippen molar-refractivity contribution in [1.82, 2.24) is 30.0 Å². The van der Waals surface area contributed by atoms with Gasteiger partial charge in [0.25, 0.3) is 11.5 Å². The molecule has 1 atom stereocenters. The van der Waals surface area contributed by atoms with E-state index in [2.05, 4.69) is 39.2 Å². The zero-order chi connectivity index (χ0) is 18.8. The molecule has 0 aromatic carbocycles. The molecule has 0 aliphatic heterocycles. The van der Waals surface area contributed by atoms with E-state index in [4.69, 9.17) is 0 Å². The summed E-state index contributed by atoms with van der Waals surface area (Å²) in [6.07, 6.45) is 3.46. The lowest BCUT2D eigenvalue weighted by Crippen LogP contribution is -2.36. The Bertz CT molecular complexity index is 800. The first-order valence-corrected chi connectivity index (χ1v) is 8.34. The predicted octanol–water partition coefficient (Wildman–Crippen LogP) is 1.71. The van der Waals surface area contributed by atoms with Gasteiger partial charge in [0.05, 0.1) is 6.04 Å². The second-order valence-corrected chi connectivity index (χ2v) is 7.62. The number of aromatic nitrogens is 5. The van der Waals surface area contributed by atoms with E-state index in [0.29, 0.717) is 24.0 Å². The third-order valence-electron chi connectivity index (χ3n) is 3.82. The normalized spacial score (nSPS) is 13.1. The molecule has 0 unspecified atom stereocenters. The monoisotopic (exact) mass is 346 g/mol. The van der Waals surface area contributed by atoms with Crippen LogP contribution in [-0.2, 0) is 12.5 Å². The van der Waals surface area contributed by atoms with E-state index in [1.54, 1.807) is 11.7 Å². The van der Waals surface area contributed by atoms with Gasteiger partial charge in [-0.15, -0.1) is 0 Å². The quantitative estimate of drug-likeness (QED) is 0.857. The first kappa shape index (κ1) is 18.8. The Morgan fingerprint density at radius 2 is 2.00 bits per heavy atom. The summed E-state index contributed by atoms with van der Waals surface area (Å²) in [7, 11) is 1.77. The number of nitrogens with one attached hydrogen (secondary N) is 2. The second-order valence-electron chi connectivity index (χ2n) is 7.62. The third-order valence-corrected chi connectivity index (χ3v) is 3.82. The summed E-state index contributed by atoms with van der Waals surface area (Å²) < 4.78 is 1.62. The van der Waals surface area contributed by atoms with Crippen LogP contribution in [0.4, 0.5) is 0 Å². The number of carbonyl (C=O) groups excluding carboxylic acids is 1. The molecule has 0 bridgehead atoms. The van der Waals surface area contributed by atoms with Crippen molar-refractivity contribution < 1.29 is 4.79 Å². The standard InChI is InChI=1S/C17H26N6O2/c1-10(2)7-12(13-19-9-20-23(13)6)21-14(24)11-8-18-16(17(3,4)5)22-15(11)25/h8-10,12H,7H2,1-6H3,(H,21,24)(H,18,22,25)/t12-/m0/s1. The summed E-state index contributed by atoms with van der Waals surface area (Å²) in [6.45, 7) is 9.94. The summed E-state index contributed by atoms with van der Waals surface area (Å²) in [4.78, 5) is 36.0.